The molecule has 0 bridgehead atoms. The fourth-order valence-electron chi connectivity index (χ4n) is 3.37. The van der Waals surface area contributed by atoms with Crippen LogP contribution in [0.15, 0.2) is 73.1 Å². The van der Waals surface area contributed by atoms with Crippen molar-refractivity contribution < 1.29 is 0 Å². The first-order valence-electron chi connectivity index (χ1n) is 9.11. The van der Waals surface area contributed by atoms with Crippen LogP contribution in [0.1, 0.15) is 23.2 Å². The molecule has 0 saturated heterocycles. The molecule has 2 heterocycles. The number of nitrogens with zero attached hydrogens (tertiary/aromatic N) is 1. The van der Waals surface area contributed by atoms with Gasteiger partial charge < -0.3 is 10.3 Å². The van der Waals surface area contributed by atoms with Gasteiger partial charge >= 0.3 is 0 Å². The summed E-state index contributed by atoms with van der Waals surface area (Å²) >= 11 is 0. The van der Waals surface area contributed by atoms with Gasteiger partial charge in [0.25, 0.3) is 0 Å². The Hall–Kier alpha value is -3.07. The standard InChI is InChI=1S/C23H23N3/c1-17-15-21(13-14-24-17)26-20-11-9-18(10-12-20)5-4-6-19-16-25-23-8-3-2-7-22(19)23/h2-3,7-16,25H,4-6H2,1H3,(H,24,26). The Kier molecular flexibility index (Phi) is 4.69. The second-order valence-corrected chi connectivity index (χ2v) is 6.72. The van der Waals surface area contributed by atoms with Crippen LogP contribution >= 0.6 is 0 Å². The molecule has 0 spiro atoms. The van der Waals surface area contributed by atoms with Gasteiger partial charge in [0.1, 0.15) is 0 Å². The predicted molar refractivity (Wildman–Crippen MR) is 109 cm³/mol. The van der Waals surface area contributed by atoms with E-state index in [-0.39, 0.29) is 0 Å². The fraction of sp³-hybridized carbons (Fsp3) is 0.174. The molecule has 0 unspecified atom stereocenters. The zero-order valence-electron chi connectivity index (χ0n) is 15.0. The molecule has 0 aliphatic rings. The second-order valence-electron chi connectivity index (χ2n) is 6.72. The lowest BCUT2D eigenvalue weighted by Crippen LogP contribution is -1.93. The number of fused-ring (bicyclic) bond motifs is 1. The molecule has 2 N–H and O–H groups in total. The summed E-state index contributed by atoms with van der Waals surface area (Å²) in [6.45, 7) is 2.00. The molecule has 0 amide bonds. The smallest absolute Gasteiger partial charge is 0.0456 e. The molecule has 2 aromatic carbocycles. The Labute approximate surface area is 154 Å². The lowest BCUT2D eigenvalue weighted by atomic mass is 10.0. The van der Waals surface area contributed by atoms with Crippen molar-refractivity contribution in [2.24, 2.45) is 0 Å². The monoisotopic (exact) mass is 341 g/mol. The summed E-state index contributed by atoms with van der Waals surface area (Å²) in [5, 5.41) is 4.77. The maximum Gasteiger partial charge on any atom is 0.0456 e. The van der Waals surface area contributed by atoms with Crippen LogP contribution in [0.5, 0.6) is 0 Å². The minimum atomic E-state index is 1.02. The highest BCUT2D eigenvalue weighted by atomic mass is 14.9. The van der Waals surface area contributed by atoms with E-state index in [1.165, 1.54) is 22.0 Å². The summed E-state index contributed by atoms with van der Waals surface area (Å²) in [6, 6.07) is 21.3. The van der Waals surface area contributed by atoms with Gasteiger partial charge in [0, 0.05) is 40.4 Å². The number of aromatic amines is 1. The molecule has 130 valence electrons. The van der Waals surface area contributed by atoms with E-state index >= 15 is 0 Å². The first-order chi connectivity index (χ1) is 12.8. The van der Waals surface area contributed by atoms with Gasteiger partial charge in [-0.15, -0.1) is 0 Å². The van der Waals surface area contributed by atoms with Gasteiger partial charge in [-0.05, 0) is 67.6 Å². The molecule has 4 rings (SSSR count). The summed E-state index contributed by atoms with van der Waals surface area (Å²) in [4.78, 5) is 7.59. The lowest BCUT2D eigenvalue weighted by molar-refractivity contribution is 0.825. The third kappa shape index (κ3) is 3.77. The first kappa shape index (κ1) is 16.4. The van der Waals surface area contributed by atoms with Gasteiger partial charge in [0.2, 0.25) is 0 Å². The highest BCUT2D eigenvalue weighted by molar-refractivity contribution is 5.83. The van der Waals surface area contributed by atoms with Gasteiger partial charge in [0.15, 0.2) is 0 Å². The highest BCUT2D eigenvalue weighted by Gasteiger charge is 2.03. The molecule has 3 heteroatoms. The molecule has 26 heavy (non-hydrogen) atoms. The Morgan fingerprint density at radius 2 is 1.77 bits per heavy atom. The first-order valence-corrected chi connectivity index (χ1v) is 9.11. The summed E-state index contributed by atoms with van der Waals surface area (Å²) in [5.41, 5.74) is 7.21. The van der Waals surface area contributed by atoms with Gasteiger partial charge in [-0.25, -0.2) is 0 Å². The van der Waals surface area contributed by atoms with Crippen molar-refractivity contribution in [1.82, 2.24) is 9.97 Å². The Balaban J connectivity index is 1.34. The Morgan fingerprint density at radius 3 is 2.62 bits per heavy atom. The molecule has 0 saturated carbocycles. The zero-order valence-corrected chi connectivity index (χ0v) is 15.0. The van der Waals surface area contributed by atoms with E-state index in [2.05, 4.69) is 76.1 Å². The molecular formula is C23H23N3. The number of hydrogen-bond acceptors (Lipinski definition) is 2. The largest absolute Gasteiger partial charge is 0.361 e. The maximum atomic E-state index is 4.23. The van der Waals surface area contributed by atoms with Crippen molar-refractivity contribution in [1.29, 1.82) is 0 Å². The molecular weight excluding hydrogens is 318 g/mol. The van der Waals surface area contributed by atoms with Gasteiger partial charge in [-0.2, -0.15) is 0 Å². The molecule has 0 aliphatic carbocycles. The van der Waals surface area contributed by atoms with Crippen molar-refractivity contribution in [3.63, 3.8) is 0 Å². The average Bonchev–Trinajstić information content (AvgIpc) is 3.07. The second kappa shape index (κ2) is 7.44. The number of benzene rings is 2. The zero-order chi connectivity index (χ0) is 17.8. The number of rotatable bonds is 6. The van der Waals surface area contributed by atoms with E-state index in [0.717, 1.165) is 36.3 Å². The van der Waals surface area contributed by atoms with Crippen LogP contribution in [-0.2, 0) is 12.8 Å². The Bertz CT molecular complexity index is 999. The molecule has 0 fully saturated rings. The number of nitrogens with one attached hydrogen (secondary N) is 2. The van der Waals surface area contributed by atoms with Crippen LogP contribution in [0, 0.1) is 6.92 Å². The van der Waals surface area contributed by atoms with Crippen molar-refractivity contribution >= 4 is 22.3 Å². The minimum absolute atomic E-state index is 1.02. The minimum Gasteiger partial charge on any atom is -0.361 e. The van der Waals surface area contributed by atoms with E-state index < -0.39 is 0 Å². The molecule has 0 atom stereocenters. The number of para-hydroxylation sites is 1. The van der Waals surface area contributed by atoms with Crippen LogP contribution in [0.4, 0.5) is 11.4 Å². The predicted octanol–water partition coefficient (Wildman–Crippen LogP) is 5.79. The number of anilines is 2. The molecule has 4 aromatic rings. The van der Waals surface area contributed by atoms with Crippen molar-refractivity contribution in [2.45, 2.75) is 26.2 Å². The van der Waals surface area contributed by atoms with Crippen LogP contribution < -0.4 is 5.32 Å². The molecule has 3 nitrogen and oxygen atoms in total. The van der Waals surface area contributed by atoms with Crippen molar-refractivity contribution in [3.05, 3.63) is 89.9 Å². The fourth-order valence-corrected chi connectivity index (χ4v) is 3.37. The maximum absolute atomic E-state index is 4.23. The van der Waals surface area contributed by atoms with Crippen molar-refractivity contribution in [2.75, 3.05) is 5.32 Å². The number of pyridine rings is 1. The quantitative estimate of drug-likeness (QED) is 0.466. The molecule has 0 radical (unpaired) electrons. The summed E-state index contributed by atoms with van der Waals surface area (Å²) < 4.78 is 0. The SMILES string of the molecule is Cc1cc(Nc2ccc(CCCc3c[nH]c4ccccc34)cc2)ccn1. The van der Waals surface area contributed by atoms with Gasteiger partial charge in [-0.1, -0.05) is 30.3 Å². The number of hydrogen-bond donors (Lipinski definition) is 2. The van der Waals surface area contributed by atoms with Crippen molar-refractivity contribution in [3.8, 4) is 0 Å². The van der Waals surface area contributed by atoms with E-state index in [9.17, 15) is 0 Å². The van der Waals surface area contributed by atoms with Crippen LogP contribution in [0.2, 0.25) is 0 Å². The van der Waals surface area contributed by atoms with Gasteiger partial charge in [-0.3, -0.25) is 4.98 Å². The van der Waals surface area contributed by atoms with E-state index in [1.54, 1.807) is 0 Å². The summed E-state index contributed by atoms with van der Waals surface area (Å²) in [6.07, 6.45) is 7.32. The van der Waals surface area contributed by atoms with Crippen LogP contribution in [-0.4, -0.2) is 9.97 Å². The average molecular weight is 341 g/mol. The Morgan fingerprint density at radius 1 is 0.923 bits per heavy atom. The molecule has 2 aromatic heterocycles. The molecule has 0 aliphatic heterocycles. The van der Waals surface area contributed by atoms with E-state index in [4.69, 9.17) is 0 Å². The van der Waals surface area contributed by atoms with Crippen LogP contribution in [0.3, 0.4) is 0 Å². The highest BCUT2D eigenvalue weighted by Crippen LogP contribution is 2.21. The number of aryl methyl sites for hydroxylation is 3. The lowest BCUT2D eigenvalue weighted by Gasteiger charge is -2.08. The normalized spacial score (nSPS) is 11.0. The summed E-state index contributed by atoms with van der Waals surface area (Å²) in [5.74, 6) is 0. The third-order valence-electron chi connectivity index (χ3n) is 4.73. The topological polar surface area (TPSA) is 40.7 Å². The van der Waals surface area contributed by atoms with Crippen LogP contribution in [0.25, 0.3) is 10.9 Å². The number of aromatic nitrogens is 2. The van der Waals surface area contributed by atoms with Gasteiger partial charge in [0.05, 0.1) is 0 Å². The van der Waals surface area contributed by atoms with E-state index in [1.807, 2.05) is 19.2 Å². The number of H-pyrrole nitrogens is 1. The van der Waals surface area contributed by atoms with E-state index in [0.29, 0.717) is 0 Å². The third-order valence-corrected chi connectivity index (χ3v) is 4.73. The summed E-state index contributed by atoms with van der Waals surface area (Å²) in [7, 11) is 0.